The van der Waals surface area contributed by atoms with Gasteiger partial charge in [-0.15, -0.1) is 0 Å². The fourth-order valence-electron chi connectivity index (χ4n) is 4.36. The summed E-state index contributed by atoms with van der Waals surface area (Å²) in [6, 6.07) is 10.1. The molecule has 2 heterocycles. The van der Waals surface area contributed by atoms with E-state index in [-0.39, 0.29) is 24.9 Å². The Balaban J connectivity index is 1.63. The van der Waals surface area contributed by atoms with Crippen molar-refractivity contribution in [2.45, 2.75) is 63.5 Å². The molecule has 0 aliphatic carbocycles. The van der Waals surface area contributed by atoms with E-state index in [2.05, 4.69) is 0 Å². The number of aliphatic hydroxyl groups excluding tert-OH is 2. The lowest BCUT2D eigenvalue weighted by molar-refractivity contribution is -0.356. The average molecular weight is 467 g/mol. The minimum atomic E-state index is -1.45. The van der Waals surface area contributed by atoms with Crippen LogP contribution < -0.4 is 4.74 Å². The van der Waals surface area contributed by atoms with Crippen molar-refractivity contribution >= 4 is 11.6 Å². The highest BCUT2D eigenvalue weighted by atomic mass is 35.5. The van der Waals surface area contributed by atoms with E-state index in [0.717, 1.165) is 11.1 Å². The van der Waals surface area contributed by atoms with Gasteiger partial charge in [-0.3, -0.25) is 0 Å². The van der Waals surface area contributed by atoms with Gasteiger partial charge in [0, 0.05) is 17.0 Å². The van der Waals surface area contributed by atoms with E-state index in [4.69, 9.17) is 30.5 Å². The second-order valence-electron chi connectivity index (χ2n) is 8.52. The molecule has 0 radical (unpaired) electrons. The minimum Gasteiger partial charge on any atom is -0.491 e. The molecular formula is C24H28ClFO6. The first-order valence-corrected chi connectivity index (χ1v) is 11.1. The number of rotatable bonds is 7. The minimum absolute atomic E-state index is 0.0224. The number of halogens is 2. The SMILES string of the molecule is CCOc1ccc(Cc2cc(C34C[C@@H](O)[C@@H](O)[C@](OC(C)C)(CO3)O4)ccc2Cl)cc1F. The van der Waals surface area contributed by atoms with Gasteiger partial charge in [-0.05, 0) is 62.6 Å². The fraction of sp³-hybridized carbons (Fsp3) is 0.500. The number of hydrogen-bond acceptors (Lipinski definition) is 6. The summed E-state index contributed by atoms with van der Waals surface area (Å²) >= 11 is 6.44. The normalized spacial score (nSPS) is 29.5. The summed E-state index contributed by atoms with van der Waals surface area (Å²) in [6.45, 7) is 5.80. The third kappa shape index (κ3) is 4.25. The molecule has 2 N–H and O–H groups in total. The Morgan fingerprint density at radius 3 is 2.69 bits per heavy atom. The van der Waals surface area contributed by atoms with Crippen LogP contribution >= 0.6 is 11.6 Å². The van der Waals surface area contributed by atoms with Crippen molar-refractivity contribution in [2.75, 3.05) is 13.2 Å². The van der Waals surface area contributed by atoms with Crippen LogP contribution in [0.15, 0.2) is 36.4 Å². The summed E-state index contributed by atoms with van der Waals surface area (Å²) in [6.07, 6.45) is -2.16. The first kappa shape index (κ1) is 23.4. The molecule has 2 aromatic carbocycles. The molecule has 1 unspecified atom stereocenters. The van der Waals surface area contributed by atoms with E-state index in [1.54, 1.807) is 31.2 Å². The zero-order valence-corrected chi connectivity index (χ0v) is 19.1. The standard InChI is InChI=1S/C24H28ClFO6/c1-4-29-21-8-5-15(10-19(21)26)9-16-11-17(6-7-18(16)25)23-12-20(27)22(28)24(32-23,13-30-23)31-14(2)3/h5-8,10-11,14,20,22,27-28H,4,9,12-13H2,1-3H3/t20-,22-,23?,24+/m1/s1. The van der Waals surface area contributed by atoms with Crippen LogP contribution in [0.25, 0.3) is 0 Å². The summed E-state index contributed by atoms with van der Waals surface area (Å²) in [5, 5.41) is 21.6. The quantitative estimate of drug-likeness (QED) is 0.644. The predicted molar refractivity (Wildman–Crippen MR) is 116 cm³/mol. The van der Waals surface area contributed by atoms with Gasteiger partial charge < -0.3 is 29.2 Å². The summed E-state index contributed by atoms with van der Waals surface area (Å²) in [7, 11) is 0. The Morgan fingerprint density at radius 1 is 1.22 bits per heavy atom. The molecule has 4 atom stereocenters. The molecule has 2 aliphatic heterocycles. The molecule has 0 saturated carbocycles. The van der Waals surface area contributed by atoms with Gasteiger partial charge >= 0.3 is 0 Å². The zero-order chi connectivity index (χ0) is 23.1. The van der Waals surface area contributed by atoms with E-state index in [9.17, 15) is 14.6 Å². The van der Waals surface area contributed by atoms with E-state index < -0.39 is 29.6 Å². The van der Waals surface area contributed by atoms with Gasteiger partial charge in [0.2, 0.25) is 11.6 Å². The van der Waals surface area contributed by atoms with E-state index >= 15 is 0 Å². The van der Waals surface area contributed by atoms with Crippen molar-refractivity contribution in [1.82, 2.24) is 0 Å². The van der Waals surface area contributed by atoms with Crippen LogP contribution in [0.4, 0.5) is 4.39 Å². The number of aliphatic hydroxyl groups is 2. The number of hydrogen-bond donors (Lipinski definition) is 2. The molecule has 6 nitrogen and oxygen atoms in total. The monoisotopic (exact) mass is 466 g/mol. The molecule has 0 aromatic heterocycles. The van der Waals surface area contributed by atoms with Crippen molar-refractivity contribution in [3.8, 4) is 5.75 Å². The van der Waals surface area contributed by atoms with Gasteiger partial charge in [0.05, 0.1) is 18.8 Å². The summed E-state index contributed by atoms with van der Waals surface area (Å²) in [5.41, 5.74) is 2.12. The molecule has 8 heteroatoms. The van der Waals surface area contributed by atoms with Crippen LogP contribution in [0.1, 0.15) is 43.9 Å². The maximum absolute atomic E-state index is 14.3. The van der Waals surface area contributed by atoms with Crippen LogP contribution in [-0.2, 0) is 26.4 Å². The highest BCUT2D eigenvalue weighted by Crippen LogP contribution is 2.50. The van der Waals surface area contributed by atoms with Gasteiger partial charge in [-0.25, -0.2) is 4.39 Å². The maximum atomic E-state index is 14.3. The second-order valence-corrected chi connectivity index (χ2v) is 8.93. The van der Waals surface area contributed by atoms with Gasteiger partial charge in [-0.2, -0.15) is 0 Å². The van der Waals surface area contributed by atoms with Crippen LogP contribution in [0.5, 0.6) is 5.75 Å². The van der Waals surface area contributed by atoms with E-state index in [1.807, 2.05) is 19.9 Å². The smallest absolute Gasteiger partial charge is 0.224 e. The molecule has 0 amide bonds. The fourth-order valence-corrected chi connectivity index (χ4v) is 4.55. The van der Waals surface area contributed by atoms with Gasteiger partial charge in [0.25, 0.3) is 0 Å². The summed E-state index contributed by atoms with van der Waals surface area (Å²) in [4.78, 5) is 0. The third-order valence-electron chi connectivity index (χ3n) is 5.75. The van der Waals surface area contributed by atoms with Crippen molar-refractivity contribution < 1.29 is 33.6 Å². The Labute approximate surface area is 191 Å². The van der Waals surface area contributed by atoms with Crippen LogP contribution in [0, 0.1) is 5.82 Å². The zero-order valence-electron chi connectivity index (χ0n) is 18.3. The van der Waals surface area contributed by atoms with Gasteiger partial charge in [0.15, 0.2) is 11.6 Å². The lowest BCUT2D eigenvalue weighted by Crippen LogP contribution is -2.59. The topological polar surface area (TPSA) is 77.4 Å². The van der Waals surface area contributed by atoms with E-state index in [1.165, 1.54) is 6.07 Å². The Kier molecular flexibility index (Phi) is 6.51. The maximum Gasteiger partial charge on any atom is 0.224 e. The van der Waals surface area contributed by atoms with Crippen molar-refractivity contribution in [1.29, 1.82) is 0 Å². The lowest BCUT2D eigenvalue weighted by Gasteiger charge is -2.43. The highest BCUT2D eigenvalue weighted by molar-refractivity contribution is 6.31. The number of fused-ring (bicyclic) bond motifs is 2. The molecule has 2 saturated heterocycles. The van der Waals surface area contributed by atoms with Crippen LogP contribution in [0.2, 0.25) is 5.02 Å². The third-order valence-corrected chi connectivity index (χ3v) is 6.12. The molecule has 2 fully saturated rings. The lowest BCUT2D eigenvalue weighted by atomic mass is 9.90. The van der Waals surface area contributed by atoms with Gasteiger partial charge in [0.1, 0.15) is 12.7 Å². The molecule has 2 bridgehead atoms. The highest BCUT2D eigenvalue weighted by Gasteiger charge is 2.63. The van der Waals surface area contributed by atoms with Crippen molar-refractivity contribution in [2.24, 2.45) is 0 Å². The number of ether oxygens (including phenoxy) is 4. The predicted octanol–water partition coefficient (Wildman–Crippen LogP) is 3.92. The van der Waals surface area contributed by atoms with Gasteiger partial charge in [-0.1, -0.05) is 23.7 Å². The summed E-state index contributed by atoms with van der Waals surface area (Å²) < 4.78 is 37.6. The van der Waals surface area contributed by atoms with Crippen molar-refractivity contribution in [3.05, 3.63) is 63.9 Å². The molecule has 2 aromatic rings. The first-order valence-electron chi connectivity index (χ1n) is 10.8. The van der Waals surface area contributed by atoms with Crippen LogP contribution in [0.3, 0.4) is 0 Å². The molecule has 0 spiro atoms. The second kappa shape index (κ2) is 8.89. The molecule has 4 rings (SSSR count). The molecular weight excluding hydrogens is 439 g/mol. The average Bonchev–Trinajstić information content (AvgIpc) is 3.06. The van der Waals surface area contributed by atoms with E-state index in [0.29, 0.717) is 23.6 Å². The largest absolute Gasteiger partial charge is 0.491 e. The Bertz CT molecular complexity index is 985. The Morgan fingerprint density at radius 2 is 2.00 bits per heavy atom. The number of benzene rings is 2. The summed E-state index contributed by atoms with van der Waals surface area (Å²) in [5.74, 6) is -2.96. The first-order chi connectivity index (χ1) is 15.2. The van der Waals surface area contributed by atoms with Crippen molar-refractivity contribution in [3.63, 3.8) is 0 Å². The molecule has 2 aliphatic rings. The molecule has 174 valence electrons. The van der Waals surface area contributed by atoms with Crippen LogP contribution in [-0.4, -0.2) is 47.5 Å². The molecule has 32 heavy (non-hydrogen) atoms. The Hall–Kier alpha value is -1.74.